The topological polar surface area (TPSA) is 57.7 Å². The quantitative estimate of drug-likeness (QED) is 0.854. The van der Waals surface area contributed by atoms with E-state index in [-0.39, 0.29) is 5.91 Å². The van der Waals surface area contributed by atoms with Gasteiger partial charge in [-0.25, -0.2) is 4.98 Å². The van der Waals surface area contributed by atoms with Crippen molar-refractivity contribution in [2.24, 2.45) is 0 Å². The van der Waals surface area contributed by atoms with Gasteiger partial charge in [0.05, 0.1) is 18.2 Å². The summed E-state index contributed by atoms with van der Waals surface area (Å²) in [6.07, 6.45) is 1.52. The molecule has 6 nitrogen and oxygen atoms in total. The molecule has 2 rings (SSSR count). The predicted molar refractivity (Wildman–Crippen MR) is 87.2 cm³/mol. The van der Waals surface area contributed by atoms with Gasteiger partial charge in [0.15, 0.2) is 0 Å². The fourth-order valence-electron chi connectivity index (χ4n) is 2.59. The van der Waals surface area contributed by atoms with E-state index in [0.29, 0.717) is 23.4 Å². The summed E-state index contributed by atoms with van der Waals surface area (Å²) in [6, 6.07) is 3.83. The van der Waals surface area contributed by atoms with Crippen molar-refractivity contribution in [3.63, 3.8) is 0 Å². The zero-order valence-electron chi connectivity index (χ0n) is 13.1. The van der Waals surface area contributed by atoms with Crippen LogP contribution in [0.5, 0.6) is 0 Å². The van der Waals surface area contributed by atoms with E-state index in [9.17, 15) is 4.79 Å². The van der Waals surface area contributed by atoms with Crippen molar-refractivity contribution in [3.05, 3.63) is 23.4 Å². The number of methoxy groups -OCH3 is 1. The number of halogens is 1. The number of carbonyl (C=O) groups excluding carboxylic acids is 1. The van der Waals surface area contributed by atoms with Gasteiger partial charge >= 0.3 is 0 Å². The van der Waals surface area contributed by atoms with Gasteiger partial charge in [-0.3, -0.25) is 14.6 Å². The number of ether oxygens (including phenoxy) is 1. The van der Waals surface area contributed by atoms with Gasteiger partial charge in [-0.2, -0.15) is 0 Å². The molecule has 1 N–H and O–H groups in total. The molecule has 1 aromatic heterocycles. The van der Waals surface area contributed by atoms with Gasteiger partial charge in [0.2, 0.25) is 5.91 Å². The summed E-state index contributed by atoms with van der Waals surface area (Å²) in [6.45, 7) is 6.96. The highest BCUT2D eigenvalue weighted by atomic mass is 35.5. The van der Waals surface area contributed by atoms with E-state index in [2.05, 4.69) is 27.0 Å². The number of carbonyl (C=O) groups is 1. The molecule has 0 bridgehead atoms. The lowest BCUT2D eigenvalue weighted by Crippen LogP contribution is -2.54. The third-order valence-electron chi connectivity index (χ3n) is 3.79. The number of hydrogen-bond acceptors (Lipinski definition) is 5. The Hall–Kier alpha value is -1.21. The van der Waals surface area contributed by atoms with Gasteiger partial charge in [-0.05, 0) is 19.1 Å². The van der Waals surface area contributed by atoms with Gasteiger partial charge in [0.25, 0.3) is 0 Å². The van der Waals surface area contributed by atoms with Crippen LogP contribution in [-0.2, 0) is 9.53 Å². The van der Waals surface area contributed by atoms with E-state index in [4.69, 9.17) is 16.3 Å². The van der Waals surface area contributed by atoms with E-state index in [1.54, 1.807) is 19.2 Å². The first-order valence-corrected chi connectivity index (χ1v) is 7.83. The van der Waals surface area contributed by atoms with Crippen LogP contribution in [0.2, 0.25) is 5.02 Å². The van der Waals surface area contributed by atoms with E-state index in [1.165, 1.54) is 6.20 Å². The molecule has 1 atom stereocenters. The summed E-state index contributed by atoms with van der Waals surface area (Å²) in [5, 5.41) is 3.35. The van der Waals surface area contributed by atoms with Crippen molar-refractivity contribution in [3.8, 4) is 0 Å². The maximum atomic E-state index is 12.1. The Balaban J connectivity index is 1.77. The number of nitrogens with one attached hydrogen (secondary N) is 1. The Labute approximate surface area is 136 Å². The normalized spacial score (nSPS) is 20.0. The third-order valence-corrected chi connectivity index (χ3v) is 4.02. The number of aromatic nitrogens is 1. The highest BCUT2D eigenvalue weighted by molar-refractivity contribution is 6.30. The van der Waals surface area contributed by atoms with Gasteiger partial charge in [0, 0.05) is 45.5 Å². The lowest BCUT2D eigenvalue weighted by atomic mass is 10.2. The van der Waals surface area contributed by atoms with E-state index in [0.717, 1.165) is 32.8 Å². The van der Waals surface area contributed by atoms with Crippen LogP contribution in [0.1, 0.15) is 6.92 Å². The molecule has 1 aromatic rings. The summed E-state index contributed by atoms with van der Waals surface area (Å²) in [5.74, 6) is 0.480. The molecule has 122 valence electrons. The molecule has 1 unspecified atom stereocenters. The smallest absolute Gasteiger partial charge is 0.239 e. The van der Waals surface area contributed by atoms with E-state index < -0.39 is 0 Å². The molecule has 0 spiro atoms. The first kappa shape index (κ1) is 17.1. The Bertz CT molecular complexity index is 483. The summed E-state index contributed by atoms with van der Waals surface area (Å²) in [7, 11) is 1.72. The second kappa shape index (κ2) is 8.43. The predicted octanol–water partition coefficient (Wildman–Crippen LogP) is 1.33. The minimum Gasteiger partial charge on any atom is -0.383 e. The molecule has 0 saturated carbocycles. The highest BCUT2D eigenvalue weighted by Gasteiger charge is 2.24. The number of rotatable bonds is 6. The zero-order valence-corrected chi connectivity index (χ0v) is 13.8. The van der Waals surface area contributed by atoms with Crippen LogP contribution in [-0.4, -0.2) is 73.2 Å². The fourth-order valence-corrected chi connectivity index (χ4v) is 2.70. The zero-order chi connectivity index (χ0) is 15.9. The van der Waals surface area contributed by atoms with Crippen LogP contribution in [0.3, 0.4) is 0 Å². The number of nitrogens with zero attached hydrogens (tertiary/aromatic N) is 3. The number of anilines is 1. The van der Waals surface area contributed by atoms with Crippen LogP contribution >= 0.6 is 11.6 Å². The second-order valence-corrected chi connectivity index (χ2v) is 5.96. The average Bonchev–Trinajstić information content (AvgIpc) is 2.49. The largest absolute Gasteiger partial charge is 0.383 e. The highest BCUT2D eigenvalue weighted by Crippen LogP contribution is 2.11. The van der Waals surface area contributed by atoms with Crippen molar-refractivity contribution in [2.75, 3.05) is 51.8 Å². The standard InChI is InChI=1S/C15H23ClN4O2/c1-12-10-19(5-6-20(12)7-8-22-2)11-15(21)18-14-4-3-13(16)9-17-14/h3-4,9,12H,5-8,10-11H2,1-2H3,(H,17,18,21). The molecular formula is C15H23ClN4O2. The Morgan fingerprint density at radius 3 is 2.95 bits per heavy atom. The minimum absolute atomic E-state index is 0.0487. The van der Waals surface area contributed by atoms with Gasteiger partial charge in [-0.15, -0.1) is 0 Å². The first-order valence-electron chi connectivity index (χ1n) is 7.45. The SMILES string of the molecule is COCCN1CCN(CC(=O)Nc2ccc(Cl)cn2)CC1C. The molecule has 2 heterocycles. The first-order chi connectivity index (χ1) is 10.6. The van der Waals surface area contributed by atoms with Crippen molar-refractivity contribution in [1.29, 1.82) is 0 Å². The number of pyridine rings is 1. The van der Waals surface area contributed by atoms with E-state index in [1.807, 2.05) is 0 Å². The molecule has 1 saturated heterocycles. The third kappa shape index (κ3) is 5.21. The molecule has 1 aliphatic rings. The molecule has 1 fully saturated rings. The molecule has 0 aliphatic carbocycles. The molecule has 1 amide bonds. The monoisotopic (exact) mass is 326 g/mol. The number of piperazine rings is 1. The molecule has 7 heteroatoms. The van der Waals surface area contributed by atoms with Crippen molar-refractivity contribution in [2.45, 2.75) is 13.0 Å². The van der Waals surface area contributed by atoms with Crippen molar-refractivity contribution >= 4 is 23.3 Å². The molecule has 1 aliphatic heterocycles. The number of hydrogen-bond donors (Lipinski definition) is 1. The average molecular weight is 327 g/mol. The lowest BCUT2D eigenvalue weighted by Gasteiger charge is -2.39. The van der Waals surface area contributed by atoms with Crippen LogP contribution < -0.4 is 5.32 Å². The van der Waals surface area contributed by atoms with Gasteiger partial charge in [0.1, 0.15) is 5.82 Å². The Morgan fingerprint density at radius 1 is 1.50 bits per heavy atom. The van der Waals surface area contributed by atoms with E-state index >= 15 is 0 Å². The minimum atomic E-state index is -0.0487. The van der Waals surface area contributed by atoms with Crippen LogP contribution in [0, 0.1) is 0 Å². The summed E-state index contributed by atoms with van der Waals surface area (Å²) in [4.78, 5) is 20.7. The van der Waals surface area contributed by atoms with Crippen LogP contribution in [0.4, 0.5) is 5.82 Å². The van der Waals surface area contributed by atoms with Gasteiger partial charge < -0.3 is 10.1 Å². The molecular weight excluding hydrogens is 304 g/mol. The second-order valence-electron chi connectivity index (χ2n) is 5.52. The molecule has 22 heavy (non-hydrogen) atoms. The molecule has 0 radical (unpaired) electrons. The molecule has 0 aromatic carbocycles. The summed E-state index contributed by atoms with van der Waals surface area (Å²) < 4.78 is 5.12. The van der Waals surface area contributed by atoms with Gasteiger partial charge in [-0.1, -0.05) is 11.6 Å². The van der Waals surface area contributed by atoms with Crippen LogP contribution in [0.25, 0.3) is 0 Å². The Morgan fingerprint density at radius 2 is 2.32 bits per heavy atom. The van der Waals surface area contributed by atoms with Crippen molar-refractivity contribution in [1.82, 2.24) is 14.8 Å². The maximum absolute atomic E-state index is 12.1. The summed E-state index contributed by atoms with van der Waals surface area (Å²) >= 11 is 5.77. The fraction of sp³-hybridized carbons (Fsp3) is 0.600. The Kier molecular flexibility index (Phi) is 6.57. The summed E-state index contributed by atoms with van der Waals surface area (Å²) in [5.41, 5.74) is 0. The van der Waals surface area contributed by atoms with Crippen LogP contribution in [0.15, 0.2) is 18.3 Å². The van der Waals surface area contributed by atoms with Crippen molar-refractivity contribution < 1.29 is 9.53 Å². The number of amides is 1. The lowest BCUT2D eigenvalue weighted by molar-refractivity contribution is -0.118. The maximum Gasteiger partial charge on any atom is 0.239 e.